The molecule has 3 aromatic rings. The molecule has 0 saturated carbocycles. The van der Waals surface area contributed by atoms with Gasteiger partial charge in [0.25, 0.3) is 0 Å². The van der Waals surface area contributed by atoms with Crippen LogP contribution in [-0.4, -0.2) is 24.8 Å². The lowest BCUT2D eigenvalue weighted by molar-refractivity contribution is -0.121. The Kier molecular flexibility index (Phi) is 9.22. The first kappa shape index (κ1) is 24.5. The molecule has 0 aliphatic rings. The van der Waals surface area contributed by atoms with Crippen LogP contribution in [-0.2, 0) is 16.1 Å². The molecule has 7 nitrogen and oxygen atoms in total. The van der Waals surface area contributed by atoms with Crippen LogP contribution in [0.3, 0.4) is 0 Å². The third-order valence-corrected chi connectivity index (χ3v) is 4.93. The Morgan fingerprint density at radius 3 is 2.47 bits per heavy atom. The van der Waals surface area contributed by atoms with Gasteiger partial charge in [-0.1, -0.05) is 60.2 Å². The minimum atomic E-state index is -0.572. The summed E-state index contributed by atoms with van der Waals surface area (Å²) < 4.78 is 10.8. The smallest absolute Gasteiger partial charge is 0.407 e. The predicted octanol–water partition coefficient (Wildman–Crippen LogP) is 4.90. The molecule has 3 aromatic carbocycles. The highest BCUT2D eigenvalue weighted by atomic mass is 16.5. The van der Waals surface area contributed by atoms with Crippen LogP contribution in [0.4, 0.5) is 4.79 Å². The lowest BCUT2D eigenvalue weighted by Crippen LogP contribution is -2.33. The first-order valence-corrected chi connectivity index (χ1v) is 11.1. The maximum absolute atomic E-state index is 12.4. The molecular formula is C27H29N3O4. The Hall–Kier alpha value is -4.13. The van der Waals surface area contributed by atoms with Gasteiger partial charge < -0.3 is 14.8 Å². The van der Waals surface area contributed by atoms with Gasteiger partial charge in [0.05, 0.1) is 25.3 Å². The number of aryl methyl sites for hydroxylation is 1. The molecule has 2 amide bonds. The molecule has 0 bridgehead atoms. The van der Waals surface area contributed by atoms with Gasteiger partial charge in [-0.05, 0) is 54.8 Å². The van der Waals surface area contributed by atoms with E-state index in [2.05, 4.69) is 34.9 Å². The molecule has 2 N–H and O–H groups in total. The molecule has 0 radical (unpaired) electrons. The van der Waals surface area contributed by atoms with E-state index in [0.29, 0.717) is 6.61 Å². The number of ether oxygens (including phenoxy) is 2. The van der Waals surface area contributed by atoms with Crippen molar-refractivity contribution in [1.82, 2.24) is 10.7 Å². The summed E-state index contributed by atoms with van der Waals surface area (Å²) in [7, 11) is 0. The monoisotopic (exact) mass is 459 g/mol. The van der Waals surface area contributed by atoms with Gasteiger partial charge in [-0.25, -0.2) is 10.2 Å². The molecule has 0 aromatic heterocycles. The number of hydrogen-bond acceptors (Lipinski definition) is 5. The number of alkyl carbamates (subject to hydrolysis) is 1. The van der Waals surface area contributed by atoms with E-state index >= 15 is 0 Å². The van der Waals surface area contributed by atoms with Crippen molar-refractivity contribution >= 4 is 18.2 Å². The highest BCUT2D eigenvalue weighted by Crippen LogP contribution is 2.17. The fraction of sp³-hybridized carbons (Fsp3) is 0.222. The molecule has 34 heavy (non-hydrogen) atoms. The zero-order valence-electron chi connectivity index (χ0n) is 19.4. The average molecular weight is 460 g/mol. The van der Waals surface area contributed by atoms with Gasteiger partial charge in [-0.15, -0.1) is 0 Å². The van der Waals surface area contributed by atoms with Gasteiger partial charge in [0.2, 0.25) is 5.91 Å². The van der Waals surface area contributed by atoms with E-state index in [9.17, 15) is 9.59 Å². The average Bonchev–Trinajstić information content (AvgIpc) is 2.84. The third-order valence-electron chi connectivity index (χ3n) is 4.93. The summed E-state index contributed by atoms with van der Waals surface area (Å²) in [6, 6.07) is 24.3. The quantitative estimate of drug-likeness (QED) is 0.333. The molecular weight excluding hydrogens is 430 g/mol. The lowest BCUT2D eigenvalue weighted by Gasteiger charge is -2.18. The highest BCUT2D eigenvalue weighted by molar-refractivity contribution is 5.83. The summed E-state index contributed by atoms with van der Waals surface area (Å²) in [5.41, 5.74) is 6.43. The summed E-state index contributed by atoms with van der Waals surface area (Å²) in [5, 5.41) is 6.75. The number of benzene rings is 3. The molecule has 0 aliphatic carbocycles. The normalized spacial score (nSPS) is 11.6. The zero-order chi connectivity index (χ0) is 24.2. The molecule has 0 unspecified atom stereocenters. The Balaban J connectivity index is 1.51. The Morgan fingerprint density at radius 1 is 1.00 bits per heavy atom. The SMILES string of the molecule is CCOC(=O)N[C@@H](CC(=O)N/N=C\c1ccc(OCc2cccc(C)c2)cc1)c1ccccc1. The van der Waals surface area contributed by atoms with Crippen LogP contribution in [0.2, 0.25) is 0 Å². The summed E-state index contributed by atoms with van der Waals surface area (Å²) in [5.74, 6) is 0.415. The Morgan fingerprint density at radius 2 is 1.76 bits per heavy atom. The summed E-state index contributed by atoms with van der Waals surface area (Å²) in [6.07, 6.45) is 1.00. The topological polar surface area (TPSA) is 89.0 Å². The van der Waals surface area contributed by atoms with Gasteiger partial charge >= 0.3 is 6.09 Å². The van der Waals surface area contributed by atoms with E-state index < -0.39 is 12.1 Å². The van der Waals surface area contributed by atoms with Gasteiger partial charge in [0, 0.05) is 0 Å². The van der Waals surface area contributed by atoms with Crippen molar-refractivity contribution in [2.24, 2.45) is 5.10 Å². The number of hydrogen-bond donors (Lipinski definition) is 2. The summed E-state index contributed by atoms with van der Waals surface area (Å²) in [4.78, 5) is 24.3. The van der Waals surface area contributed by atoms with E-state index in [4.69, 9.17) is 9.47 Å². The minimum Gasteiger partial charge on any atom is -0.489 e. The van der Waals surface area contributed by atoms with Crippen molar-refractivity contribution in [2.75, 3.05) is 6.61 Å². The molecule has 0 saturated heterocycles. The maximum atomic E-state index is 12.4. The van der Waals surface area contributed by atoms with Crippen LogP contribution in [0.25, 0.3) is 0 Å². The van der Waals surface area contributed by atoms with Crippen molar-refractivity contribution < 1.29 is 19.1 Å². The van der Waals surface area contributed by atoms with Gasteiger partial charge in [-0.2, -0.15) is 5.10 Å². The van der Waals surface area contributed by atoms with Crippen LogP contribution in [0, 0.1) is 6.92 Å². The Bertz CT molecular complexity index is 1100. The first-order chi connectivity index (χ1) is 16.5. The maximum Gasteiger partial charge on any atom is 0.407 e. The second-order valence-electron chi connectivity index (χ2n) is 7.67. The zero-order valence-corrected chi connectivity index (χ0v) is 19.4. The number of carbonyl (C=O) groups is 2. The standard InChI is InChI=1S/C27H29N3O4/c1-3-33-27(32)29-25(23-10-5-4-6-11-23)17-26(31)30-28-18-21-12-14-24(15-13-21)34-19-22-9-7-8-20(2)16-22/h4-16,18,25H,3,17,19H2,1-2H3,(H,29,32)(H,30,31)/b28-18-/t25-/m0/s1. The number of rotatable bonds is 10. The molecule has 0 heterocycles. The third kappa shape index (κ3) is 8.09. The van der Waals surface area contributed by atoms with Crippen molar-refractivity contribution in [1.29, 1.82) is 0 Å². The van der Waals surface area contributed by atoms with Crippen molar-refractivity contribution in [2.45, 2.75) is 32.9 Å². The molecule has 0 spiro atoms. The van der Waals surface area contributed by atoms with E-state index in [-0.39, 0.29) is 18.9 Å². The summed E-state index contributed by atoms with van der Waals surface area (Å²) in [6.45, 7) is 4.52. The van der Waals surface area contributed by atoms with Crippen molar-refractivity contribution in [3.05, 3.63) is 101 Å². The number of nitrogens with zero attached hydrogens (tertiary/aromatic N) is 1. The second-order valence-corrected chi connectivity index (χ2v) is 7.67. The van der Waals surface area contributed by atoms with Crippen LogP contribution < -0.4 is 15.5 Å². The van der Waals surface area contributed by atoms with E-state index in [0.717, 1.165) is 22.4 Å². The number of amides is 2. The molecule has 3 rings (SSSR count). The Labute approximate surface area is 199 Å². The van der Waals surface area contributed by atoms with Crippen molar-refractivity contribution in [3.8, 4) is 5.75 Å². The number of carbonyl (C=O) groups excluding carboxylic acids is 2. The minimum absolute atomic E-state index is 0.0197. The number of nitrogens with one attached hydrogen (secondary N) is 2. The van der Waals surface area contributed by atoms with Gasteiger partial charge in [0.15, 0.2) is 0 Å². The largest absolute Gasteiger partial charge is 0.489 e. The van der Waals surface area contributed by atoms with E-state index in [1.165, 1.54) is 5.56 Å². The van der Waals surface area contributed by atoms with Crippen LogP contribution in [0.15, 0.2) is 84.0 Å². The number of hydrazone groups is 1. The fourth-order valence-corrected chi connectivity index (χ4v) is 3.28. The fourth-order valence-electron chi connectivity index (χ4n) is 3.28. The molecule has 1 atom stereocenters. The first-order valence-electron chi connectivity index (χ1n) is 11.1. The molecule has 0 aliphatic heterocycles. The lowest BCUT2D eigenvalue weighted by atomic mass is 10.0. The van der Waals surface area contributed by atoms with Crippen LogP contribution >= 0.6 is 0 Å². The van der Waals surface area contributed by atoms with Crippen molar-refractivity contribution in [3.63, 3.8) is 0 Å². The second kappa shape index (κ2) is 12.8. The van der Waals surface area contributed by atoms with Gasteiger partial charge in [-0.3, -0.25) is 4.79 Å². The molecule has 176 valence electrons. The molecule has 7 heteroatoms. The van der Waals surface area contributed by atoms with Crippen LogP contribution in [0.1, 0.15) is 41.6 Å². The van der Waals surface area contributed by atoms with E-state index in [1.807, 2.05) is 66.7 Å². The van der Waals surface area contributed by atoms with Crippen LogP contribution in [0.5, 0.6) is 5.75 Å². The summed E-state index contributed by atoms with van der Waals surface area (Å²) >= 11 is 0. The van der Waals surface area contributed by atoms with E-state index in [1.54, 1.807) is 13.1 Å². The highest BCUT2D eigenvalue weighted by Gasteiger charge is 2.18. The predicted molar refractivity (Wildman–Crippen MR) is 132 cm³/mol. The molecule has 0 fully saturated rings. The van der Waals surface area contributed by atoms with Gasteiger partial charge in [0.1, 0.15) is 12.4 Å².